The summed E-state index contributed by atoms with van der Waals surface area (Å²) >= 11 is 5.76. The predicted octanol–water partition coefficient (Wildman–Crippen LogP) is 2.96. The maximum absolute atomic E-state index is 13.2. The molecule has 1 fully saturated rings. The van der Waals surface area contributed by atoms with Gasteiger partial charge in [0.15, 0.2) is 0 Å². The van der Waals surface area contributed by atoms with E-state index in [0.29, 0.717) is 17.9 Å². The van der Waals surface area contributed by atoms with Gasteiger partial charge in [-0.05, 0) is 37.5 Å². The zero-order valence-electron chi connectivity index (χ0n) is 11.2. The summed E-state index contributed by atoms with van der Waals surface area (Å²) in [4.78, 5) is 18.5. The van der Waals surface area contributed by atoms with Crippen molar-refractivity contribution in [3.8, 4) is 0 Å². The molecule has 110 valence electrons. The molecule has 1 aliphatic rings. The van der Waals surface area contributed by atoms with Gasteiger partial charge in [-0.15, -0.1) is 0 Å². The zero-order valence-corrected chi connectivity index (χ0v) is 12.0. The minimum absolute atomic E-state index is 0.0472. The van der Waals surface area contributed by atoms with E-state index in [-0.39, 0.29) is 17.0 Å². The summed E-state index contributed by atoms with van der Waals surface area (Å²) in [7, 11) is 0. The summed E-state index contributed by atoms with van der Waals surface area (Å²) in [5, 5.41) is 6.62. The molecule has 2 heterocycles. The fourth-order valence-electron chi connectivity index (χ4n) is 2.63. The molecule has 1 N–H and O–H groups in total. The number of rotatable bonds is 2. The molecule has 0 aliphatic carbocycles. The fourth-order valence-corrected chi connectivity index (χ4v) is 2.81. The van der Waals surface area contributed by atoms with Crippen LogP contribution in [0.2, 0.25) is 5.02 Å². The molecule has 1 amide bonds. The van der Waals surface area contributed by atoms with Crippen molar-refractivity contribution in [2.45, 2.75) is 25.3 Å². The third-order valence-electron chi connectivity index (χ3n) is 3.68. The molecule has 1 aromatic carbocycles. The number of halogens is 2. The van der Waals surface area contributed by atoms with Crippen LogP contribution in [0, 0.1) is 5.82 Å². The molecule has 0 unspecified atom stereocenters. The van der Waals surface area contributed by atoms with Gasteiger partial charge in [0, 0.05) is 12.1 Å². The Labute approximate surface area is 126 Å². The van der Waals surface area contributed by atoms with Gasteiger partial charge in [-0.25, -0.2) is 9.37 Å². The Bertz CT molecular complexity index is 646. The van der Waals surface area contributed by atoms with Crippen LogP contribution in [0.4, 0.5) is 4.39 Å². The lowest BCUT2D eigenvalue weighted by Gasteiger charge is -2.34. The van der Waals surface area contributed by atoms with Crippen molar-refractivity contribution in [2.24, 2.45) is 0 Å². The molecule has 1 aliphatic heterocycles. The van der Waals surface area contributed by atoms with Crippen molar-refractivity contribution < 1.29 is 9.18 Å². The molecule has 0 spiro atoms. The molecule has 0 radical (unpaired) electrons. The van der Waals surface area contributed by atoms with Gasteiger partial charge < -0.3 is 4.90 Å². The van der Waals surface area contributed by atoms with E-state index in [1.54, 1.807) is 4.90 Å². The minimum atomic E-state index is -0.529. The summed E-state index contributed by atoms with van der Waals surface area (Å²) in [5.74, 6) is -0.0205. The van der Waals surface area contributed by atoms with Gasteiger partial charge in [-0.3, -0.25) is 9.89 Å². The molecule has 3 rings (SSSR count). The van der Waals surface area contributed by atoms with Gasteiger partial charge in [0.2, 0.25) is 0 Å². The standard InChI is InChI=1S/C14H14ClFN4O/c15-10-7-9(4-5-11(10)16)14(21)20-6-2-1-3-12(20)13-17-8-18-19-13/h4-5,7-8,12H,1-3,6H2,(H,17,18,19)/t12-/m0/s1. The SMILES string of the molecule is O=C(c1ccc(F)c(Cl)c1)N1CCCC[C@H]1c1ncn[nH]1. The second kappa shape index (κ2) is 5.81. The van der Waals surface area contributed by atoms with Crippen LogP contribution in [-0.2, 0) is 0 Å². The predicted molar refractivity (Wildman–Crippen MR) is 75.4 cm³/mol. The molecular weight excluding hydrogens is 295 g/mol. The van der Waals surface area contributed by atoms with Gasteiger partial charge in [0.25, 0.3) is 5.91 Å². The van der Waals surface area contributed by atoms with E-state index in [0.717, 1.165) is 19.3 Å². The number of amides is 1. The Hall–Kier alpha value is -1.95. The molecular formula is C14H14ClFN4O. The van der Waals surface area contributed by atoms with E-state index >= 15 is 0 Å². The van der Waals surface area contributed by atoms with Crippen LogP contribution in [0.25, 0.3) is 0 Å². The van der Waals surface area contributed by atoms with E-state index in [9.17, 15) is 9.18 Å². The number of carbonyl (C=O) groups excluding carboxylic acids is 1. The molecule has 1 atom stereocenters. The quantitative estimate of drug-likeness (QED) is 0.927. The lowest BCUT2D eigenvalue weighted by molar-refractivity contribution is 0.0600. The van der Waals surface area contributed by atoms with E-state index < -0.39 is 5.82 Å². The first kappa shape index (κ1) is 14.0. The topological polar surface area (TPSA) is 61.9 Å². The summed E-state index contributed by atoms with van der Waals surface area (Å²) in [6, 6.07) is 3.90. The maximum Gasteiger partial charge on any atom is 0.254 e. The molecule has 7 heteroatoms. The molecule has 1 aromatic heterocycles. The first-order chi connectivity index (χ1) is 10.2. The molecule has 1 saturated heterocycles. The first-order valence-electron chi connectivity index (χ1n) is 6.78. The molecule has 21 heavy (non-hydrogen) atoms. The highest BCUT2D eigenvalue weighted by Crippen LogP contribution is 2.30. The number of aromatic amines is 1. The Morgan fingerprint density at radius 1 is 1.43 bits per heavy atom. The van der Waals surface area contributed by atoms with Crippen LogP contribution in [0.15, 0.2) is 24.5 Å². The highest BCUT2D eigenvalue weighted by atomic mass is 35.5. The first-order valence-corrected chi connectivity index (χ1v) is 7.16. The van der Waals surface area contributed by atoms with Crippen molar-refractivity contribution in [1.29, 1.82) is 0 Å². The lowest BCUT2D eigenvalue weighted by Crippen LogP contribution is -2.39. The minimum Gasteiger partial charge on any atom is -0.328 e. The molecule has 0 bridgehead atoms. The second-order valence-electron chi connectivity index (χ2n) is 5.01. The largest absolute Gasteiger partial charge is 0.328 e. The van der Waals surface area contributed by atoms with Crippen molar-refractivity contribution in [3.63, 3.8) is 0 Å². The smallest absolute Gasteiger partial charge is 0.254 e. The highest BCUT2D eigenvalue weighted by molar-refractivity contribution is 6.31. The highest BCUT2D eigenvalue weighted by Gasteiger charge is 2.30. The normalized spacial score (nSPS) is 18.8. The summed E-state index contributed by atoms with van der Waals surface area (Å²) in [6.07, 6.45) is 4.22. The van der Waals surface area contributed by atoms with Crippen LogP contribution in [0.5, 0.6) is 0 Å². The number of hydrogen-bond acceptors (Lipinski definition) is 3. The van der Waals surface area contributed by atoms with Crippen LogP contribution in [0.1, 0.15) is 41.5 Å². The van der Waals surface area contributed by atoms with Crippen molar-refractivity contribution in [1.82, 2.24) is 20.1 Å². The number of nitrogens with zero attached hydrogens (tertiary/aromatic N) is 3. The van der Waals surface area contributed by atoms with E-state index in [2.05, 4.69) is 15.2 Å². The number of likely N-dealkylation sites (tertiary alicyclic amines) is 1. The number of H-pyrrole nitrogens is 1. The number of piperidine rings is 1. The zero-order chi connectivity index (χ0) is 14.8. The Morgan fingerprint density at radius 3 is 3.00 bits per heavy atom. The van der Waals surface area contributed by atoms with Gasteiger partial charge in [-0.1, -0.05) is 11.6 Å². The van der Waals surface area contributed by atoms with Crippen LogP contribution < -0.4 is 0 Å². The lowest BCUT2D eigenvalue weighted by atomic mass is 10.00. The average Bonchev–Trinajstić information content (AvgIpc) is 3.03. The van der Waals surface area contributed by atoms with Crippen LogP contribution >= 0.6 is 11.6 Å². The average molecular weight is 309 g/mol. The van der Waals surface area contributed by atoms with Gasteiger partial charge in [0.05, 0.1) is 11.1 Å². The third-order valence-corrected chi connectivity index (χ3v) is 3.97. The van der Waals surface area contributed by atoms with Gasteiger partial charge in [-0.2, -0.15) is 5.10 Å². The van der Waals surface area contributed by atoms with Gasteiger partial charge >= 0.3 is 0 Å². The van der Waals surface area contributed by atoms with Crippen molar-refractivity contribution in [3.05, 3.63) is 46.8 Å². The number of carbonyl (C=O) groups is 1. The summed E-state index contributed by atoms with van der Waals surface area (Å²) in [6.45, 7) is 0.638. The van der Waals surface area contributed by atoms with E-state index in [4.69, 9.17) is 11.6 Å². The molecule has 0 saturated carbocycles. The van der Waals surface area contributed by atoms with Crippen molar-refractivity contribution >= 4 is 17.5 Å². The maximum atomic E-state index is 13.2. The Kier molecular flexibility index (Phi) is 3.88. The Balaban J connectivity index is 1.89. The van der Waals surface area contributed by atoms with E-state index in [1.165, 1.54) is 24.5 Å². The number of benzene rings is 1. The van der Waals surface area contributed by atoms with Crippen molar-refractivity contribution in [2.75, 3.05) is 6.54 Å². The molecule has 2 aromatic rings. The number of nitrogens with one attached hydrogen (secondary N) is 1. The monoisotopic (exact) mass is 308 g/mol. The molecule has 5 nitrogen and oxygen atoms in total. The van der Waals surface area contributed by atoms with E-state index in [1.807, 2.05) is 0 Å². The summed E-state index contributed by atoms with van der Waals surface area (Å²) in [5.41, 5.74) is 0.382. The van der Waals surface area contributed by atoms with Crippen LogP contribution in [-0.4, -0.2) is 32.5 Å². The number of hydrogen-bond donors (Lipinski definition) is 1. The van der Waals surface area contributed by atoms with Gasteiger partial charge in [0.1, 0.15) is 18.0 Å². The van der Waals surface area contributed by atoms with Crippen LogP contribution in [0.3, 0.4) is 0 Å². The summed E-state index contributed by atoms with van der Waals surface area (Å²) < 4.78 is 13.2. The number of aromatic nitrogens is 3. The Morgan fingerprint density at radius 2 is 2.29 bits per heavy atom. The fraction of sp³-hybridized carbons (Fsp3) is 0.357. The second-order valence-corrected chi connectivity index (χ2v) is 5.42. The third kappa shape index (κ3) is 2.76.